The summed E-state index contributed by atoms with van der Waals surface area (Å²) in [6, 6.07) is 6.55. The van der Waals surface area contributed by atoms with Gasteiger partial charge in [0.1, 0.15) is 29.5 Å². The maximum absolute atomic E-state index is 15.0. The standard InChI is InChI=1S/C25H28F2N8O.2ClH/c1-15(2)35-20-10-17(9-18(26)24(20)32-22(35)14-36)23-19(27)12-30-25(33-23)31-21-4-3-16(11-29-21)13-34-7-5-28-6-8-34;;/h3-4,9-12,15,28,36H,5-8,13-14H2,1-2H3,(H,29,30,31,33);2*1H. The minimum atomic E-state index is -0.684. The number of piperazine rings is 1. The van der Waals surface area contributed by atoms with E-state index >= 15 is 0 Å². The summed E-state index contributed by atoms with van der Waals surface area (Å²) in [7, 11) is 0. The average molecular weight is 567 g/mol. The molecule has 1 aliphatic rings. The molecule has 0 atom stereocenters. The summed E-state index contributed by atoms with van der Waals surface area (Å²) in [6.45, 7) is 8.26. The highest BCUT2D eigenvalue weighted by atomic mass is 35.5. The first-order chi connectivity index (χ1) is 17.4. The zero-order valence-corrected chi connectivity index (χ0v) is 22.6. The van der Waals surface area contributed by atoms with E-state index in [9.17, 15) is 13.9 Å². The minimum Gasteiger partial charge on any atom is -0.388 e. The van der Waals surface area contributed by atoms with Crippen molar-refractivity contribution >= 4 is 47.6 Å². The summed E-state index contributed by atoms with van der Waals surface area (Å²) in [5.41, 5.74) is 1.86. The van der Waals surface area contributed by atoms with Crippen molar-refractivity contribution < 1.29 is 13.9 Å². The van der Waals surface area contributed by atoms with Gasteiger partial charge in [0.15, 0.2) is 11.6 Å². The number of rotatable bonds is 7. The molecule has 9 nitrogen and oxygen atoms in total. The Hall–Kier alpha value is -2.96. The van der Waals surface area contributed by atoms with Crippen molar-refractivity contribution in [2.75, 3.05) is 31.5 Å². The van der Waals surface area contributed by atoms with Gasteiger partial charge in [-0.25, -0.2) is 28.7 Å². The van der Waals surface area contributed by atoms with Crippen LogP contribution in [0.15, 0.2) is 36.7 Å². The summed E-state index contributed by atoms with van der Waals surface area (Å²) in [5.74, 6) is -0.304. The predicted molar refractivity (Wildman–Crippen MR) is 147 cm³/mol. The van der Waals surface area contributed by atoms with Gasteiger partial charge in [-0.15, -0.1) is 24.8 Å². The number of halogens is 4. The van der Waals surface area contributed by atoms with Crippen LogP contribution in [0.5, 0.6) is 0 Å². The van der Waals surface area contributed by atoms with Crippen molar-refractivity contribution in [1.29, 1.82) is 0 Å². The second-order valence-corrected chi connectivity index (χ2v) is 9.07. The van der Waals surface area contributed by atoms with Crippen molar-refractivity contribution in [1.82, 2.24) is 34.7 Å². The summed E-state index contributed by atoms with van der Waals surface area (Å²) >= 11 is 0. The fourth-order valence-electron chi connectivity index (χ4n) is 4.49. The molecule has 0 aliphatic carbocycles. The molecule has 4 heterocycles. The number of fused-ring (bicyclic) bond motifs is 1. The highest BCUT2D eigenvalue weighted by Gasteiger charge is 2.19. The topological polar surface area (TPSA) is 104 Å². The molecule has 0 saturated carbocycles. The van der Waals surface area contributed by atoms with Gasteiger partial charge in [-0.3, -0.25) is 4.90 Å². The molecule has 5 rings (SSSR count). The Morgan fingerprint density at radius 3 is 2.45 bits per heavy atom. The van der Waals surface area contributed by atoms with Crippen molar-refractivity contribution in [3.63, 3.8) is 0 Å². The zero-order chi connectivity index (χ0) is 25.2. The molecule has 38 heavy (non-hydrogen) atoms. The van der Waals surface area contributed by atoms with Crippen LogP contribution in [-0.2, 0) is 13.2 Å². The quantitative estimate of drug-likeness (QED) is 0.305. The maximum Gasteiger partial charge on any atom is 0.229 e. The van der Waals surface area contributed by atoms with E-state index in [0.717, 1.165) is 44.5 Å². The number of aliphatic hydroxyl groups excluding tert-OH is 1. The number of pyridine rings is 1. The number of anilines is 2. The monoisotopic (exact) mass is 566 g/mol. The van der Waals surface area contributed by atoms with E-state index in [1.165, 1.54) is 6.07 Å². The summed E-state index contributed by atoms with van der Waals surface area (Å²) < 4.78 is 31.5. The van der Waals surface area contributed by atoms with Gasteiger partial charge in [0, 0.05) is 50.5 Å². The van der Waals surface area contributed by atoms with Gasteiger partial charge < -0.3 is 20.3 Å². The molecule has 1 aliphatic heterocycles. The lowest BCUT2D eigenvalue weighted by molar-refractivity contribution is 0.233. The molecule has 4 aromatic rings. The van der Waals surface area contributed by atoms with Gasteiger partial charge >= 0.3 is 0 Å². The van der Waals surface area contributed by atoms with Crippen molar-refractivity contribution in [2.45, 2.75) is 33.0 Å². The highest BCUT2D eigenvalue weighted by molar-refractivity contribution is 5.85. The second-order valence-electron chi connectivity index (χ2n) is 9.07. The van der Waals surface area contributed by atoms with Crippen LogP contribution < -0.4 is 10.6 Å². The van der Waals surface area contributed by atoms with Crippen molar-refractivity contribution in [3.05, 3.63) is 59.7 Å². The SMILES string of the molecule is CC(C)n1c(CO)nc2c(F)cc(-c3nc(Nc4ccc(CN5CCNCC5)cn4)ncc3F)cc21.Cl.Cl. The average Bonchev–Trinajstić information content (AvgIpc) is 3.27. The number of hydrogen-bond donors (Lipinski definition) is 3. The molecule has 0 spiro atoms. The third-order valence-electron chi connectivity index (χ3n) is 6.18. The number of benzene rings is 1. The molecular weight excluding hydrogens is 537 g/mol. The van der Waals surface area contributed by atoms with E-state index in [1.54, 1.807) is 16.8 Å². The molecule has 1 saturated heterocycles. The summed E-state index contributed by atoms with van der Waals surface area (Å²) in [5, 5.41) is 16.0. The molecule has 204 valence electrons. The Bertz CT molecular complexity index is 1380. The first-order valence-corrected chi connectivity index (χ1v) is 11.9. The van der Waals surface area contributed by atoms with Crippen LogP contribution in [0, 0.1) is 11.6 Å². The number of hydrogen-bond acceptors (Lipinski definition) is 8. The first-order valence-electron chi connectivity index (χ1n) is 11.9. The van der Waals surface area contributed by atoms with Crippen LogP contribution >= 0.6 is 24.8 Å². The number of aromatic nitrogens is 5. The first kappa shape index (κ1) is 29.6. The zero-order valence-electron chi connectivity index (χ0n) is 21.0. The number of imidazole rings is 1. The molecule has 3 aromatic heterocycles. The number of nitrogens with one attached hydrogen (secondary N) is 2. The third-order valence-corrected chi connectivity index (χ3v) is 6.18. The van der Waals surface area contributed by atoms with Crippen LogP contribution in [0.4, 0.5) is 20.5 Å². The molecule has 0 radical (unpaired) electrons. The molecule has 0 unspecified atom stereocenters. The van der Waals surface area contributed by atoms with Gasteiger partial charge in [0.25, 0.3) is 0 Å². The molecule has 13 heteroatoms. The molecule has 3 N–H and O–H groups in total. The molecule has 0 bridgehead atoms. The molecule has 1 aromatic carbocycles. The van der Waals surface area contributed by atoms with E-state index in [2.05, 4.69) is 35.5 Å². The Balaban J connectivity index is 0.00000200. The summed E-state index contributed by atoms with van der Waals surface area (Å²) in [6.07, 6.45) is 2.84. The van der Waals surface area contributed by atoms with Crippen LogP contribution in [0.2, 0.25) is 0 Å². The van der Waals surface area contributed by atoms with Crippen molar-refractivity contribution in [2.24, 2.45) is 0 Å². The fourth-order valence-corrected chi connectivity index (χ4v) is 4.49. The molecule has 1 fully saturated rings. The fraction of sp³-hybridized carbons (Fsp3) is 0.360. The highest BCUT2D eigenvalue weighted by Crippen LogP contribution is 2.30. The maximum atomic E-state index is 15.0. The smallest absolute Gasteiger partial charge is 0.229 e. The van der Waals surface area contributed by atoms with Crippen molar-refractivity contribution in [3.8, 4) is 11.3 Å². The van der Waals surface area contributed by atoms with Gasteiger partial charge in [0.05, 0.1) is 11.7 Å². The Morgan fingerprint density at radius 2 is 1.79 bits per heavy atom. The van der Waals surface area contributed by atoms with Crippen LogP contribution in [0.1, 0.15) is 31.3 Å². The van der Waals surface area contributed by atoms with E-state index in [-0.39, 0.29) is 60.2 Å². The van der Waals surface area contributed by atoms with E-state index in [4.69, 9.17) is 0 Å². The third kappa shape index (κ3) is 6.19. The number of aliphatic hydroxyl groups is 1. The van der Waals surface area contributed by atoms with Crippen LogP contribution in [0.3, 0.4) is 0 Å². The van der Waals surface area contributed by atoms with Crippen LogP contribution in [-0.4, -0.2) is 60.7 Å². The Morgan fingerprint density at radius 1 is 1.03 bits per heavy atom. The minimum absolute atomic E-state index is 0. The van der Waals surface area contributed by atoms with Gasteiger partial charge in [-0.2, -0.15) is 0 Å². The van der Waals surface area contributed by atoms with E-state index in [0.29, 0.717) is 17.2 Å². The van der Waals surface area contributed by atoms with E-state index < -0.39 is 11.6 Å². The van der Waals surface area contributed by atoms with Gasteiger partial charge in [0.2, 0.25) is 5.95 Å². The summed E-state index contributed by atoms with van der Waals surface area (Å²) in [4.78, 5) is 19.3. The lowest BCUT2D eigenvalue weighted by Gasteiger charge is -2.27. The second kappa shape index (κ2) is 12.7. The normalized spacial score (nSPS) is 13.8. The number of nitrogens with zero attached hydrogens (tertiary/aromatic N) is 6. The lowest BCUT2D eigenvalue weighted by atomic mass is 10.1. The predicted octanol–water partition coefficient (Wildman–Crippen LogP) is 4.23. The lowest BCUT2D eigenvalue weighted by Crippen LogP contribution is -2.42. The van der Waals surface area contributed by atoms with Gasteiger partial charge in [-0.05, 0) is 37.6 Å². The van der Waals surface area contributed by atoms with E-state index in [1.807, 2.05) is 26.0 Å². The molecular formula is C25H30Cl2F2N8O. The van der Waals surface area contributed by atoms with Gasteiger partial charge in [-0.1, -0.05) is 6.07 Å². The Kier molecular flexibility index (Phi) is 9.91. The largest absolute Gasteiger partial charge is 0.388 e. The Labute approximate surface area is 231 Å². The van der Waals surface area contributed by atoms with Crippen LogP contribution in [0.25, 0.3) is 22.3 Å². The molecule has 0 amide bonds.